The van der Waals surface area contributed by atoms with Gasteiger partial charge in [0.2, 0.25) is 0 Å². The predicted molar refractivity (Wildman–Crippen MR) is 83.1 cm³/mol. The maximum atomic E-state index is 4.37. The minimum absolute atomic E-state index is 0.576. The molecule has 20 heavy (non-hydrogen) atoms. The maximum absolute atomic E-state index is 4.37. The van der Waals surface area contributed by atoms with E-state index in [0.29, 0.717) is 6.04 Å². The molecule has 2 aromatic rings. The summed E-state index contributed by atoms with van der Waals surface area (Å²) in [5, 5.41) is 12.9. The van der Waals surface area contributed by atoms with Gasteiger partial charge in [-0.3, -0.25) is 0 Å². The van der Waals surface area contributed by atoms with Crippen molar-refractivity contribution >= 4 is 23.1 Å². The van der Waals surface area contributed by atoms with Crippen molar-refractivity contribution in [1.29, 1.82) is 0 Å². The molecule has 108 valence electrons. The third-order valence-electron chi connectivity index (χ3n) is 3.92. The van der Waals surface area contributed by atoms with Crippen LogP contribution in [0.4, 0.5) is 0 Å². The number of rotatable bonds is 4. The Kier molecular flexibility index (Phi) is 4.41. The monoisotopic (exact) mass is 308 g/mol. The molecule has 0 saturated heterocycles. The third kappa shape index (κ3) is 3.06. The van der Waals surface area contributed by atoms with Gasteiger partial charge in [-0.1, -0.05) is 31.5 Å². The summed E-state index contributed by atoms with van der Waals surface area (Å²) in [5.41, 5.74) is 0. The van der Waals surface area contributed by atoms with Crippen molar-refractivity contribution in [3.8, 4) is 0 Å². The van der Waals surface area contributed by atoms with Crippen LogP contribution in [-0.2, 0) is 5.75 Å². The molecule has 3 rings (SSSR count). The molecule has 0 unspecified atom stereocenters. The Morgan fingerprint density at radius 2 is 2.30 bits per heavy atom. The van der Waals surface area contributed by atoms with E-state index in [-0.39, 0.29) is 0 Å². The first-order chi connectivity index (χ1) is 9.74. The first-order valence-corrected chi connectivity index (χ1v) is 9.03. The Bertz CT molecular complexity index is 550. The number of thioether (sulfide) groups is 1. The van der Waals surface area contributed by atoms with Gasteiger partial charge in [-0.2, -0.15) is 0 Å². The number of hydrogen-bond acceptors (Lipinski definition) is 5. The minimum Gasteiger partial charge on any atom is -0.303 e. The van der Waals surface area contributed by atoms with Crippen LogP contribution >= 0.6 is 23.1 Å². The molecule has 0 spiro atoms. The molecule has 4 nitrogen and oxygen atoms in total. The van der Waals surface area contributed by atoms with Crippen LogP contribution in [0.25, 0.3) is 0 Å². The lowest BCUT2D eigenvalue weighted by molar-refractivity contribution is 0.268. The van der Waals surface area contributed by atoms with Crippen LogP contribution in [0, 0.1) is 12.8 Å². The molecule has 0 aliphatic heterocycles. The molecule has 0 amide bonds. The van der Waals surface area contributed by atoms with Gasteiger partial charge in [0.15, 0.2) is 5.16 Å². The lowest BCUT2D eigenvalue weighted by atomic mass is 9.87. The summed E-state index contributed by atoms with van der Waals surface area (Å²) in [7, 11) is 0. The zero-order chi connectivity index (χ0) is 13.9. The van der Waals surface area contributed by atoms with Crippen LogP contribution in [0.15, 0.2) is 16.7 Å². The number of hydrogen-bond donors (Lipinski definition) is 0. The summed E-state index contributed by atoms with van der Waals surface area (Å²) >= 11 is 3.46. The van der Waals surface area contributed by atoms with Gasteiger partial charge in [0.25, 0.3) is 0 Å². The zero-order valence-corrected chi connectivity index (χ0v) is 13.6. The lowest BCUT2D eigenvalue weighted by Gasteiger charge is -2.29. The predicted octanol–water partition coefficient (Wildman–Crippen LogP) is 4.09. The lowest BCUT2D eigenvalue weighted by Crippen LogP contribution is -2.19. The van der Waals surface area contributed by atoms with Crippen LogP contribution in [0.3, 0.4) is 0 Å². The molecule has 6 heteroatoms. The fourth-order valence-corrected chi connectivity index (χ4v) is 4.65. The quantitative estimate of drug-likeness (QED) is 0.798. The van der Waals surface area contributed by atoms with E-state index in [2.05, 4.69) is 33.6 Å². The smallest absolute Gasteiger partial charge is 0.191 e. The van der Waals surface area contributed by atoms with E-state index in [1.807, 2.05) is 11.6 Å². The average molecular weight is 308 g/mol. The van der Waals surface area contributed by atoms with Gasteiger partial charge in [0.1, 0.15) is 10.8 Å². The minimum atomic E-state index is 0.576. The second kappa shape index (κ2) is 6.26. The summed E-state index contributed by atoms with van der Waals surface area (Å²) in [6, 6.07) is 0.576. The third-order valence-corrected chi connectivity index (χ3v) is 5.83. The van der Waals surface area contributed by atoms with Gasteiger partial charge < -0.3 is 4.57 Å². The molecular formula is C14H20N4S2. The highest BCUT2D eigenvalue weighted by molar-refractivity contribution is 7.98. The van der Waals surface area contributed by atoms with Crippen LogP contribution in [0.1, 0.15) is 49.5 Å². The number of aryl methyl sites for hydroxylation is 1. The average Bonchev–Trinajstić information content (AvgIpc) is 3.06. The van der Waals surface area contributed by atoms with Crippen LogP contribution < -0.4 is 0 Å². The van der Waals surface area contributed by atoms with Crippen molar-refractivity contribution in [2.24, 2.45) is 5.92 Å². The Labute approximate surface area is 128 Å². The molecule has 2 aromatic heterocycles. The first kappa shape index (κ1) is 14.1. The zero-order valence-electron chi connectivity index (χ0n) is 12.0. The van der Waals surface area contributed by atoms with Crippen molar-refractivity contribution in [3.05, 3.63) is 22.4 Å². The highest BCUT2D eigenvalue weighted by atomic mass is 32.2. The summed E-state index contributed by atoms with van der Waals surface area (Å²) in [5.74, 6) is 2.75. The van der Waals surface area contributed by atoms with E-state index in [1.165, 1.54) is 25.7 Å². The summed E-state index contributed by atoms with van der Waals surface area (Å²) in [6.07, 6.45) is 7.05. The van der Waals surface area contributed by atoms with Crippen LogP contribution in [0.2, 0.25) is 0 Å². The van der Waals surface area contributed by atoms with Crippen molar-refractivity contribution in [2.45, 2.75) is 56.5 Å². The molecule has 1 saturated carbocycles. The molecule has 0 N–H and O–H groups in total. The normalized spacial score (nSPS) is 23.1. The molecule has 0 bridgehead atoms. The topological polar surface area (TPSA) is 43.6 Å². The Hall–Kier alpha value is -0.880. The van der Waals surface area contributed by atoms with Gasteiger partial charge in [0.05, 0.1) is 5.75 Å². The second-order valence-corrected chi connectivity index (χ2v) is 7.46. The molecule has 1 fully saturated rings. The standard InChI is InChI=1S/C14H20N4S2/c1-10-4-3-5-12(8-10)18-11(2)16-17-14(18)20-9-13-15-6-7-19-13/h6-7,10,12H,3-5,8-9H2,1-2H3/t10-,12-/m1/s1. The number of nitrogens with zero attached hydrogens (tertiary/aromatic N) is 4. The Morgan fingerprint density at radius 1 is 1.40 bits per heavy atom. The van der Waals surface area contributed by atoms with E-state index in [0.717, 1.165) is 27.7 Å². The Morgan fingerprint density at radius 3 is 3.05 bits per heavy atom. The van der Waals surface area contributed by atoms with E-state index in [9.17, 15) is 0 Å². The van der Waals surface area contributed by atoms with Gasteiger partial charge in [-0.25, -0.2) is 4.98 Å². The van der Waals surface area contributed by atoms with E-state index in [1.54, 1.807) is 23.1 Å². The van der Waals surface area contributed by atoms with Gasteiger partial charge in [-0.05, 0) is 25.7 Å². The number of thiazole rings is 1. The van der Waals surface area contributed by atoms with Crippen LogP contribution in [-0.4, -0.2) is 19.7 Å². The van der Waals surface area contributed by atoms with Crippen molar-refractivity contribution in [1.82, 2.24) is 19.7 Å². The van der Waals surface area contributed by atoms with Crippen molar-refractivity contribution in [3.63, 3.8) is 0 Å². The molecular weight excluding hydrogens is 288 g/mol. The Balaban J connectivity index is 1.74. The molecule has 2 heterocycles. The molecule has 1 aliphatic carbocycles. The van der Waals surface area contributed by atoms with Gasteiger partial charge >= 0.3 is 0 Å². The molecule has 2 atom stereocenters. The van der Waals surface area contributed by atoms with E-state index in [4.69, 9.17) is 0 Å². The van der Waals surface area contributed by atoms with E-state index < -0.39 is 0 Å². The maximum Gasteiger partial charge on any atom is 0.191 e. The van der Waals surface area contributed by atoms with Gasteiger partial charge in [0, 0.05) is 17.6 Å². The van der Waals surface area contributed by atoms with E-state index >= 15 is 0 Å². The molecule has 1 aliphatic rings. The molecule has 0 radical (unpaired) electrons. The highest BCUT2D eigenvalue weighted by Gasteiger charge is 2.24. The summed E-state index contributed by atoms with van der Waals surface area (Å²) < 4.78 is 2.36. The second-order valence-electron chi connectivity index (χ2n) is 5.54. The first-order valence-electron chi connectivity index (χ1n) is 7.16. The largest absolute Gasteiger partial charge is 0.303 e. The number of aromatic nitrogens is 4. The highest BCUT2D eigenvalue weighted by Crippen LogP contribution is 2.35. The fraction of sp³-hybridized carbons (Fsp3) is 0.643. The van der Waals surface area contributed by atoms with Crippen LogP contribution in [0.5, 0.6) is 0 Å². The van der Waals surface area contributed by atoms with Gasteiger partial charge in [-0.15, -0.1) is 21.5 Å². The summed E-state index contributed by atoms with van der Waals surface area (Å²) in [6.45, 7) is 4.42. The summed E-state index contributed by atoms with van der Waals surface area (Å²) in [4.78, 5) is 4.33. The SMILES string of the molecule is Cc1nnc(SCc2nccs2)n1[C@@H]1CCC[C@@H](C)C1. The van der Waals surface area contributed by atoms with Crippen molar-refractivity contribution < 1.29 is 0 Å². The fourth-order valence-electron chi connectivity index (χ4n) is 2.96. The van der Waals surface area contributed by atoms with Crippen molar-refractivity contribution in [2.75, 3.05) is 0 Å². The molecule has 0 aromatic carbocycles.